The number of carbonyl (C=O) groups excluding carboxylic acids is 3. The highest BCUT2D eigenvalue weighted by atomic mass is 127. The molecule has 1 aliphatic heterocycles. The van der Waals surface area contributed by atoms with Gasteiger partial charge in [-0.25, -0.2) is 9.69 Å². The van der Waals surface area contributed by atoms with Crippen molar-refractivity contribution < 1.29 is 19.1 Å². The molecule has 0 saturated carbocycles. The number of benzene rings is 3. The molecule has 2 amide bonds. The molecule has 0 bridgehead atoms. The van der Waals surface area contributed by atoms with E-state index in [1.54, 1.807) is 60.7 Å². The van der Waals surface area contributed by atoms with Gasteiger partial charge in [0.2, 0.25) is 0 Å². The van der Waals surface area contributed by atoms with Crippen molar-refractivity contribution in [3.05, 3.63) is 98.2 Å². The number of hydrogen-bond acceptors (Lipinski definition) is 5. The molecule has 0 spiro atoms. The maximum absolute atomic E-state index is 12.9. The van der Waals surface area contributed by atoms with E-state index in [0.29, 0.717) is 22.7 Å². The lowest BCUT2D eigenvalue weighted by Gasteiger charge is -2.15. The summed E-state index contributed by atoms with van der Waals surface area (Å²) in [6.45, 7) is 2.11. The van der Waals surface area contributed by atoms with Crippen molar-refractivity contribution >= 4 is 63.4 Å². The Morgan fingerprint density at radius 1 is 0.941 bits per heavy atom. The maximum Gasteiger partial charge on any atom is 0.343 e. The van der Waals surface area contributed by atoms with Gasteiger partial charge in [0.1, 0.15) is 16.5 Å². The van der Waals surface area contributed by atoms with E-state index in [9.17, 15) is 14.4 Å². The molecule has 3 aromatic carbocycles. The van der Waals surface area contributed by atoms with Crippen molar-refractivity contribution in [2.75, 3.05) is 10.2 Å². The summed E-state index contributed by atoms with van der Waals surface area (Å²) >= 11 is 8.32. The second-order valence-electron chi connectivity index (χ2n) is 7.60. The third-order valence-corrected chi connectivity index (χ3v) is 6.24. The molecule has 0 fully saturated rings. The van der Waals surface area contributed by atoms with Crippen LogP contribution in [0.4, 0.5) is 11.4 Å². The molecule has 172 valence electrons. The Morgan fingerprint density at radius 2 is 1.59 bits per heavy atom. The molecular formula is C26H20ClIN2O4. The van der Waals surface area contributed by atoms with Crippen LogP contribution in [-0.4, -0.2) is 17.8 Å². The Kier molecular flexibility index (Phi) is 7.33. The fourth-order valence-electron chi connectivity index (χ4n) is 3.45. The molecule has 1 aliphatic rings. The van der Waals surface area contributed by atoms with Gasteiger partial charge in [-0.2, -0.15) is 0 Å². The number of halogens is 2. The zero-order valence-corrected chi connectivity index (χ0v) is 21.1. The van der Waals surface area contributed by atoms with Crippen LogP contribution < -0.4 is 15.0 Å². The first-order valence-corrected chi connectivity index (χ1v) is 12.1. The third kappa shape index (κ3) is 5.15. The molecule has 0 atom stereocenters. The van der Waals surface area contributed by atoms with Crippen molar-refractivity contribution in [3.63, 3.8) is 0 Å². The monoisotopic (exact) mass is 586 g/mol. The van der Waals surface area contributed by atoms with E-state index in [2.05, 4.69) is 34.8 Å². The summed E-state index contributed by atoms with van der Waals surface area (Å²) in [5.74, 6) is -1.18. The number of nitrogens with one attached hydrogen (secondary N) is 1. The van der Waals surface area contributed by atoms with Crippen LogP contribution in [0.15, 0.2) is 83.5 Å². The summed E-state index contributed by atoms with van der Waals surface area (Å²) in [5, 5.41) is 2.70. The summed E-state index contributed by atoms with van der Waals surface area (Å²) in [4.78, 5) is 39.0. The highest BCUT2D eigenvalue weighted by Gasteiger charge is 2.38. The van der Waals surface area contributed by atoms with E-state index in [4.69, 9.17) is 16.3 Å². The van der Waals surface area contributed by atoms with Crippen LogP contribution >= 0.6 is 34.2 Å². The normalized spacial score (nSPS) is 13.4. The number of carbonyl (C=O) groups is 3. The van der Waals surface area contributed by atoms with Crippen molar-refractivity contribution in [2.24, 2.45) is 0 Å². The minimum Gasteiger partial charge on any atom is -0.423 e. The molecule has 0 radical (unpaired) electrons. The van der Waals surface area contributed by atoms with Crippen LogP contribution in [0.3, 0.4) is 0 Å². The summed E-state index contributed by atoms with van der Waals surface area (Å²) in [7, 11) is 0. The van der Waals surface area contributed by atoms with Gasteiger partial charge in [-0.3, -0.25) is 9.59 Å². The fraction of sp³-hybridized carbons (Fsp3) is 0.115. The predicted molar refractivity (Wildman–Crippen MR) is 140 cm³/mol. The topological polar surface area (TPSA) is 75.7 Å². The SMILES string of the molecule is CCCc1ccc(OC(=O)c2ccc(NC3=C(Cl)C(=O)N(c4ccc(I)cc4)C3=O)cc2)cc1. The summed E-state index contributed by atoms with van der Waals surface area (Å²) in [5.41, 5.74) is 2.45. The van der Waals surface area contributed by atoms with Gasteiger partial charge in [0.15, 0.2) is 0 Å². The van der Waals surface area contributed by atoms with E-state index in [1.165, 1.54) is 5.56 Å². The molecule has 0 aromatic heterocycles. The highest BCUT2D eigenvalue weighted by Crippen LogP contribution is 2.30. The summed E-state index contributed by atoms with van der Waals surface area (Å²) in [6, 6.07) is 20.8. The molecule has 4 rings (SSSR count). The predicted octanol–water partition coefficient (Wildman–Crippen LogP) is 5.90. The molecule has 6 nitrogen and oxygen atoms in total. The van der Waals surface area contributed by atoms with E-state index < -0.39 is 17.8 Å². The molecule has 1 heterocycles. The smallest absolute Gasteiger partial charge is 0.343 e. The lowest BCUT2D eigenvalue weighted by molar-refractivity contribution is -0.120. The number of imide groups is 1. The van der Waals surface area contributed by atoms with Crippen LogP contribution in [0.5, 0.6) is 5.75 Å². The minimum atomic E-state index is -0.597. The van der Waals surface area contributed by atoms with Gasteiger partial charge >= 0.3 is 5.97 Å². The number of aryl methyl sites for hydroxylation is 1. The first kappa shape index (κ1) is 24.0. The Hall–Kier alpha value is -3.17. The molecule has 0 aliphatic carbocycles. The summed E-state index contributed by atoms with van der Waals surface area (Å²) < 4.78 is 6.41. The number of hydrogen-bond donors (Lipinski definition) is 1. The number of esters is 1. The fourth-order valence-corrected chi connectivity index (χ4v) is 4.02. The van der Waals surface area contributed by atoms with Gasteiger partial charge in [0.05, 0.1) is 11.3 Å². The lowest BCUT2D eigenvalue weighted by Crippen LogP contribution is -2.32. The molecule has 0 saturated heterocycles. The van der Waals surface area contributed by atoms with Crippen LogP contribution in [0, 0.1) is 3.57 Å². The Balaban J connectivity index is 1.43. The Bertz CT molecular complexity index is 1270. The Morgan fingerprint density at radius 3 is 2.21 bits per heavy atom. The maximum atomic E-state index is 12.9. The molecule has 1 N–H and O–H groups in total. The van der Waals surface area contributed by atoms with Crippen LogP contribution in [-0.2, 0) is 16.0 Å². The van der Waals surface area contributed by atoms with Gasteiger partial charge in [0, 0.05) is 9.26 Å². The van der Waals surface area contributed by atoms with Crippen molar-refractivity contribution in [1.29, 1.82) is 0 Å². The largest absolute Gasteiger partial charge is 0.423 e. The van der Waals surface area contributed by atoms with Gasteiger partial charge in [0.25, 0.3) is 11.8 Å². The zero-order chi connectivity index (χ0) is 24.2. The van der Waals surface area contributed by atoms with Gasteiger partial charge in [-0.1, -0.05) is 37.1 Å². The highest BCUT2D eigenvalue weighted by molar-refractivity contribution is 14.1. The van der Waals surface area contributed by atoms with E-state index in [-0.39, 0.29) is 10.7 Å². The number of amides is 2. The zero-order valence-electron chi connectivity index (χ0n) is 18.2. The molecular weight excluding hydrogens is 567 g/mol. The van der Waals surface area contributed by atoms with Crippen molar-refractivity contribution in [3.8, 4) is 5.75 Å². The van der Waals surface area contributed by atoms with Crippen LogP contribution in [0.2, 0.25) is 0 Å². The number of anilines is 2. The van der Waals surface area contributed by atoms with Gasteiger partial charge in [-0.15, -0.1) is 0 Å². The van der Waals surface area contributed by atoms with Gasteiger partial charge < -0.3 is 10.1 Å². The standard InChI is InChI=1S/C26H20ClIN2O4/c1-2-3-16-4-14-21(15-5-16)34-26(33)17-6-10-19(11-7-17)29-23-22(27)24(31)30(25(23)32)20-12-8-18(28)9-13-20/h4-15,29H,2-3H2,1H3. The number of rotatable bonds is 7. The van der Waals surface area contributed by atoms with Gasteiger partial charge in [-0.05, 0) is 95.2 Å². The number of nitrogens with zero attached hydrogens (tertiary/aromatic N) is 1. The molecule has 8 heteroatoms. The second kappa shape index (κ2) is 10.4. The second-order valence-corrected chi connectivity index (χ2v) is 9.22. The Labute approximate surface area is 215 Å². The van der Waals surface area contributed by atoms with Crippen molar-refractivity contribution in [1.82, 2.24) is 0 Å². The third-order valence-electron chi connectivity index (χ3n) is 5.17. The van der Waals surface area contributed by atoms with E-state index in [1.807, 2.05) is 12.1 Å². The molecule has 3 aromatic rings. The average molecular weight is 587 g/mol. The molecule has 34 heavy (non-hydrogen) atoms. The van der Waals surface area contributed by atoms with Crippen molar-refractivity contribution in [2.45, 2.75) is 19.8 Å². The lowest BCUT2D eigenvalue weighted by atomic mass is 10.1. The van der Waals surface area contributed by atoms with E-state index >= 15 is 0 Å². The number of ether oxygens (including phenoxy) is 1. The average Bonchev–Trinajstić information content (AvgIpc) is 3.04. The minimum absolute atomic E-state index is 0.0206. The first-order chi connectivity index (χ1) is 16.4. The van der Waals surface area contributed by atoms with Crippen LogP contribution in [0.25, 0.3) is 0 Å². The van der Waals surface area contributed by atoms with Crippen LogP contribution in [0.1, 0.15) is 29.3 Å². The first-order valence-electron chi connectivity index (χ1n) is 10.6. The quantitative estimate of drug-likeness (QED) is 0.162. The summed E-state index contributed by atoms with van der Waals surface area (Å²) in [6.07, 6.45) is 2.02. The van der Waals surface area contributed by atoms with E-state index in [0.717, 1.165) is 21.3 Å². The molecule has 0 unspecified atom stereocenters.